The van der Waals surface area contributed by atoms with Crippen molar-refractivity contribution in [3.05, 3.63) is 11.9 Å². The molecule has 1 unspecified atom stereocenters. The van der Waals surface area contributed by atoms with E-state index in [9.17, 15) is 0 Å². The number of hydrogen-bond acceptors (Lipinski definition) is 4. The van der Waals surface area contributed by atoms with Gasteiger partial charge in [-0.15, -0.1) is 0 Å². The normalized spacial score (nSPS) is 13.8. The van der Waals surface area contributed by atoms with Gasteiger partial charge in [-0.3, -0.25) is 4.68 Å². The minimum absolute atomic E-state index is 0.245. The molecule has 0 saturated heterocycles. The Morgan fingerprint density at radius 3 is 2.50 bits per heavy atom. The van der Waals surface area contributed by atoms with Crippen molar-refractivity contribution < 1.29 is 4.74 Å². The Morgan fingerprint density at radius 2 is 2.05 bits per heavy atom. The minimum atomic E-state index is 0.245. The predicted octanol–water partition coefficient (Wildman–Crippen LogP) is 2.15. The van der Waals surface area contributed by atoms with Gasteiger partial charge in [0, 0.05) is 6.54 Å². The first kappa shape index (κ1) is 17.0. The van der Waals surface area contributed by atoms with Crippen molar-refractivity contribution in [1.82, 2.24) is 20.0 Å². The van der Waals surface area contributed by atoms with Crippen LogP contribution in [0, 0.1) is 5.41 Å². The lowest BCUT2D eigenvalue weighted by molar-refractivity contribution is 0.296. The molecule has 1 atom stereocenters. The number of likely N-dealkylation sites (N-methyl/N-ethyl adjacent to an activating group) is 1. The molecule has 0 aliphatic heterocycles. The van der Waals surface area contributed by atoms with E-state index in [1.807, 2.05) is 13.2 Å². The Morgan fingerprint density at radius 1 is 1.40 bits per heavy atom. The van der Waals surface area contributed by atoms with E-state index in [-0.39, 0.29) is 11.5 Å². The lowest BCUT2D eigenvalue weighted by atomic mass is 9.87. The quantitative estimate of drug-likeness (QED) is 0.832. The van der Waals surface area contributed by atoms with Crippen LogP contribution < -0.4 is 10.1 Å². The van der Waals surface area contributed by atoms with Gasteiger partial charge in [0.05, 0.1) is 31.6 Å². The zero-order valence-corrected chi connectivity index (χ0v) is 14.0. The van der Waals surface area contributed by atoms with E-state index in [1.54, 1.807) is 7.11 Å². The predicted molar refractivity (Wildman–Crippen MR) is 83.2 cm³/mol. The first-order valence-electron chi connectivity index (χ1n) is 7.20. The molecule has 0 radical (unpaired) electrons. The molecule has 1 aromatic heterocycles. The second-order valence-electron chi connectivity index (χ2n) is 6.73. The van der Waals surface area contributed by atoms with Crippen LogP contribution in [0.1, 0.15) is 38.9 Å². The average molecular weight is 282 g/mol. The molecule has 0 bridgehead atoms. The molecule has 0 spiro atoms. The number of nitrogens with one attached hydrogen (secondary N) is 1. The molecule has 0 amide bonds. The highest BCUT2D eigenvalue weighted by Gasteiger charge is 2.25. The highest BCUT2D eigenvalue weighted by atomic mass is 16.5. The van der Waals surface area contributed by atoms with Gasteiger partial charge >= 0.3 is 0 Å². The topological polar surface area (TPSA) is 42.3 Å². The first-order valence-corrected chi connectivity index (χ1v) is 7.20. The van der Waals surface area contributed by atoms with Gasteiger partial charge in [-0.2, -0.15) is 5.10 Å². The van der Waals surface area contributed by atoms with E-state index in [0.717, 1.165) is 31.0 Å². The van der Waals surface area contributed by atoms with Crippen molar-refractivity contribution in [2.24, 2.45) is 5.41 Å². The highest BCUT2D eigenvalue weighted by molar-refractivity contribution is 5.28. The summed E-state index contributed by atoms with van der Waals surface area (Å²) in [5.74, 6) is 0.868. The molecule has 5 nitrogen and oxygen atoms in total. The molecule has 20 heavy (non-hydrogen) atoms. The lowest BCUT2D eigenvalue weighted by Gasteiger charge is -2.27. The summed E-state index contributed by atoms with van der Waals surface area (Å²) in [7, 11) is 7.86. The van der Waals surface area contributed by atoms with Crippen molar-refractivity contribution in [2.45, 2.75) is 39.8 Å². The molecule has 0 aliphatic carbocycles. The number of aromatic nitrogens is 2. The Balaban J connectivity index is 3.01. The summed E-state index contributed by atoms with van der Waals surface area (Å²) >= 11 is 0. The summed E-state index contributed by atoms with van der Waals surface area (Å²) in [5, 5.41) is 7.89. The molecule has 1 rings (SSSR count). The lowest BCUT2D eigenvalue weighted by Crippen LogP contribution is -2.27. The fraction of sp³-hybridized carbons (Fsp3) is 0.800. The Bertz CT molecular complexity index is 406. The van der Waals surface area contributed by atoms with Crippen LogP contribution in [0.4, 0.5) is 0 Å². The molecular weight excluding hydrogens is 252 g/mol. The van der Waals surface area contributed by atoms with Crippen LogP contribution in [-0.2, 0) is 6.54 Å². The van der Waals surface area contributed by atoms with Crippen LogP contribution in [-0.4, -0.2) is 49.5 Å². The van der Waals surface area contributed by atoms with Gasteiger partial charge in [0.25, 0.3) is 0 Å². The molecule has 1 aromatic rings. The van der Waals surface area contributed by atoms with Gasteiger partial charge in [-0.25, -0.2) is 0 Å². The number of nitrogens with zero attached hydrogens (tertiary/aromatic N) is 3. The number of ether oxygens (including phenoxy) is 1. The third kappa shape index (κ3) is 4.80. The third-order valence-electron chi connectivity index (χ3n) is 3.32. The molecular formula is C15H30N4O. The van der Waals surface area contributed by atoms with Crippen LogP contribution in [0.5, 0.6) is 5.75 Å². The van der Waals surface area contributed by atoms with Gasteiger partial charge in [-0.05, 0) is 33.0 Å². The molecule has 0 aromatic carbocycles. The monoisotopic (exact) mass is 282 g/mol. The largest absolute Gasteiger partial charge is 0.493 e. The summed E-state index contributed by atoms with van der Waals surface area (Å²) < 4.78 is 7.55. The van der Waals surface area contributed by atoms with Gasteiger partial charge < -0.3 is 15.0 Å². The molecule has 0 fully saturated rings. The number of methoxy groups -OCH3 is 1. The van der Waals surface area contributed by atoms with E-state index in [4.69, 9.17) is 4.74 Å². The summed E-state index contributed by atoms with van der Waals surface area (Å²) in [6.45, 7) is 8.59. The molecule has 5 heteroatoms. The van der Waals surface area contributed by atoms with E-state index in [0.29, 0.717) is 0 Å². The van der Waals surface area contributed by atoms with Gasteiger partial charge in [0.1, 0.15) is 0 Å². The van der Waals surface area contributed by atoms with E-state index in [1.165, 1.54) is 0 Å². The molecule has 1 heterocycles. The maximum atomic E-state index is 5.49. The summed E-state index contributed by atoms with van der Waals surface area (Å²) in [6.07, 6.45) is 2.85. The fourth-order valence-corrected chi connectivity index (χ4v) is 2.31. The molecule has 0 aliphatic rings. The van der Waals surface area contributed by atoms with Crippen LogP contribution in [0.15, 0.2) is 6.20 Å². The third-order valence-corrected chi connectivity index (χ3v) is 3.32. The second-order valence-corrected chi connectivity index (χ2v) is 6.73. The van der Waals surface area contributed by atoms with Crippen molar-refractivity contribution in [2.75, 3.05) is 34.8 Å². The Kier molecular flexibility index (Phi) is 6.02. The van der Waals surface area contributed by atoms with Crippen LogP contribution in [0.3, 0.4) is 0 Å². The standard InChI is InChI=1S/C15H30N4O/c1-15(2,3)10-12(16-4)14-13(20-7)11-17-19(14)9-8-18(5)6/h11-12,16H,8-10H2,1-7H3. The first-order chi connectivity index (χ1) is 9.28. The van der Waals surface area contributed by atoms with Gasteiger partial charge in [0.2, 0.25) is 0 Å². The van der Waals surface area contributed by atoms with Crippen LogP contribution in [0.2, 0.25) is 0 Å². The average Bonchev–Trinajstić information content (AvgIpc) is 2.75. The summed E-state index contributed by atoms with van der Waals surface area (Å²) in [5.41, 5.74) is 1.39. The molecule has 1 N–H and O–H groups in total. The van der Waals surface area contributed by atoms with E-state index in [2.05, 4.69) is 54.9 Å². The van der Waals surface area contributed by atoms with Gasteiger partial charge in [-0.1, -0.05) is 20.8 Å². The smallest absolute Gasteiger partial charge is 0.161 e. The van der Waals surface area contributed by atoms with E-state index >= 15 is 0 Å². The van der Waals surface area contributed by atoms with E-state index < -0.39 is 0 Å². The fourth-order valence-electron chi connectivity index (χ4n) is 2.31. The number of rotatable bonds is 7. The second kappa shape index (κ2) is 7.09. The minimum Gasteiger partial charge on any atom is -0.493 e. The van der Waals surface area contributed by atoms with Crippen LogP contribution >= 0.6 is 0 Å². The maximum absolute atomic E-state index is 5.49. The Labute approximate surface area is 123 Å². The maximum Gasteiger partial charge on any atom is 0.161 e. The van der Waals surface area contributed by atoms with Gasteiger partial charge in [0.15, 0.2) is 5.75 Å². The van der Waals surface area contributed by atoms with Crippen molar-refractivity contribution in [3.63, 3.8) is 0 Å². The summed E-state index contributed by atoms with van der Waals surface area (Å²) in [4.78, 5) is 2.16. The summed E-state index contributed by atoms with van der Waals surface area (Å²) in [6, 6.07) is 0.245. The zero-order valence-electron chi connectivity index (χ0n) is 14.0. The van der Waals surface area contributed by atoms with Crippen molar-refractivity contribution in [1.29, 1.82) is 0 Å². The zero-order chi connectivity index (χ0) is 15.3. The molecule has 116 valence electrons. The van der Waals surface area contributed by atoms with Crippen molar-refractivity contribution >= 4 is 0 Å². The molecule has 0 saturated carbocycles. The highest BCUT2D eigenvalue weighted by Crippen LogP contribution is 2.33. The van der Waals surface area contributed by atoms with Crippen LogP contribution in [0.25, 0.3) is 0 Å². The van der Waals surface area contributed by atoms with Crippen molar-refractivity contribution in [3.8, 4) is 5.75 Å². The SMILES string of the molecule is CNC(CC(C)(C)C)c1c(OC)cnn1CCN(C)C. The Hall–Kier alpha value is -1.07. The number of hydrogen-bond donors (Lipinski definition) is 1.